The molecule has 0 radical (unpaired) electrons. The Hall–Kier alpha value is -2.03. The fourth-order valence-corrected chi connectivity index (χ4v) is 1.90. The first-order chi connectivity index (χ1) is 8.22. The summed E-state index contributed by atoms with van der Waals surface area (Å²) in [6.45, 7) is 2.59. The number of benzene rings is 1. The molecule has 0 aliphatic carbocycles. The third-order valence-corrected chi connectivity index (χ3v) is 2.79. The van der Waals surface area contributed by atoms with E-state index in [0.29, 0.717) is 18.7 Å². The predicted octanol–water partition coefficient (Wildman–Crippen LogP) is 2.16. The summed E-state index contributed by atoms with van der Waals surface area (Å²) in [7, 11) is 0. The van der Waals surface area contributed by atoms with Gasteiger partial charge in [0, 0.05) is 18.8 Å². The molecular formula is C14H15NO2. The van der Waals surface area contributed by atoms with E-state index in [1.54, 1.807) is 6.20 Å². The first-order valence-electron chi connectivity index (χ1n) is 5.67. The standard InChI is InChI=1S/C14H15NO2/c1-2-12-14(17)13(16)8-9-15(12)10-11-6-4-3-5-7-11/h3-9,17H,2,10H2,1H3. The van der Waals surface area contributed by atoms with Gasteiger partial charge in [-0.1, -0.05) is 37.3 Å². The second-order valence-corrected chi connectivity index (χ2v) is 3.94. The monoisotopic (exact) mass is 229 g/mol. The number of nitrogens with zero attached hydrogens (tertiary/aromatic N) is 1. The SMILES string of the molecule is CCc1c(O)c(=O)ccn1Cc1ccccc1. The lowest BCUT2D eigenvalue weighted by atomic mass is 10.2. The summed E-state index contributed by atoms with van der Waals surface area (Å²) < 4.78 is 1.91. The van der Waals surface area contributed by atoms with Gasteiger partial charge in [0.25, 0.3) is 0 Å². The van der Waals surface area contributed by atoms with Crippen molar-refractivity contribution in [1.29, 1.82) is 0 Å². The Morgan fingerprint density at radius 1 is 1.18 bits per heavy atom. The topological polar surface area (TPSA) is 42.2 Å². The molecule has 0 spiro atoms. The maximum Gasteiger partial charge on any atom is 0.223 e. The highest BCUT2D eigenvalue weighted by Gasteiger charge is 2.07. The molecule has 0 aliphatic heterocycles. The van der Waals surface area contributed by atoms with Crippen molar-refractivity contribution in [1.82, 2.24) is 4.57 Å². The molecule has 3 nitrogen and oxygen atoms in total. The largest absolute Gasteiger partial charge is 0.503 e. The quantitative estimate of drug-likeness (QED) is 0.876. The van der Waals surface area contributed by atoms with E-state index in [9.17, 15) is 9.90 Å². The second kappa shape index (κ2) is 4.87. The fraction of sp³-hybridized carbons (Fsp3) is 0.214. The van der Waals surface area contributed by atoms with Gasteiger partial charge >= 0.3 is 0 Å². The number of aromatic hydroxyl groups is 1. The third-order valence-electron chi connectivity index (χ3n) is 2.79. The Kier molecular flexibility index (Phi) is 3.28. The van der Waals surface area contributed by atoms with Crippen LogP contribution in [0.15, 0.2) is 47.4 Å². The van der Waals surface area contributed by atoms with E-state index in [-0.39, 0.29) is 11.2 Å². The van der Waals surface area contributed by atoms with Crippen LogP contribution in [0, 0.1) is 0 Å². The van der Waals surface area contributed by atoms with Gasteiger partial charge in [-0.15, -0.1) is 0 Å². The fourth-order valence-electron chi connectivity index (χ4n) is 1.90. The molecule has 0 aliphatic rings. The summed E-state index contributed by atoms with van der Waals surface area (Å²) in [6, 6.07) is 11.4. The highest BCUT2D eigenvalue weighted by atomic mass is 16.3. The number of aromatic nitrogens is 1. The van der Waals surface area contributed by atoms with Crippen LogP contribution in [0.25, 0.3) is 0 Å². The molecule has 2 aromatic rings. The molecule has 0 atom stereocenters. The lowest BCUT2D eigenvalue weighted by molar-refractivity contribution is 0.451. The minimum absolute atomic E-state index is 0.133. The molecule has 0 amide bonds. The number of rotatable bonds is 3. The van der Waals surface area contributed by atoms with Crippen LogP contribution in [0.5, 0.6) is 5.75 Å². The van der Waals surface area contributed by atoms with E-state index in [1.165, 1.54) is 6.07 Å². The molecule has 0 unspecified atom stereocenters. The lowest BCUT2D eigenvalue weighted by Gasteiger charge is -2.13. The zero-order valence-electron chi connectivity index (χ0n) is 9.76. The van der Waals surface area contributed by atoms with E-state index in [0.717, 1.165) is 5.56 Å². The first-order valence-corrected chi connectivity index (χ1v) is 5.67. The van der Waals surface area contributed by atoms with E-state index < -0.39 is 0 Å². The minimum atomic E-state index is -0.314. The smallest absolute Gasteiger partial charge is 0.223 e. The maximum atomic E-state index is 11.3. The maximum absolute atomic E-state index is 11.3. The third kappa shape index (κ3) is 2.38. The normalized spacial score (nSPS) is 10.4. The van der Waals surface area contributed by atoms with E-state index in [4.69, 9.17) is 0 Å². The number of hydrogen-bond acceptors (Lipinski definition) is 2. The van der Waals surface area contributed by atoms with Crippen molar-refractivity contribution >= 4 is 0 Å². The van der Waals surface area contributed by atoms with E-state index >= 15 is 0 Å². The van der Waals surface area contributed by atoms with Gasteiger partial charge in [0.2, 0.25) is 5.43 Å². The summed E-state index contributed by atoms with van der Waals surface area (Å²) in [5.74, 6) is -0.133. The van der Waals surface area contributed by atoms with Crippen LogP contribution < -0.4 is 5.43 Å². The van der Waals surface area contributed by atoms with E-state index in [2.05, 4.69) is 0 Å². The summed E-state index contributed by atoms with van der Waals surface area (Å²) in [4.78, 5) is 11.3. The van der Waals surface area contributed by atoms with Crippen molar-refractivity contribution in [2.45, 2.75) is 19.9 Å². The Morgan fingerprint density at radius 2 is 1.88 bits per heavy atom. The Labute approximate surface area is 100.0 Å². The van der Waals surface area contributed by atoms with Crippen LogP contribution in [0.2, 0.25) is 0 Å². The van der Waals surface area contributed by atoms with Crippen LogP contribution in [0.1, 0.15) is 18.2 Å². The van der Waals surface area contributed by atoms with Gasteiger partial charge < -0.3 is 9.67 Å². The first kappa shape index (κ1) is 11.5. The lowest BCUT2D eigenvalue weighted by Crippen LogP contribution is -2.12. The zero-order chi connectivity index (χ0) is 12.3. The average Bonchev–Trinajstić information content (AvgIpc) is 2.36. The molecule has 2 rings (SSSR count). The van der Waals surface area contributed by atoms with Crippen molar-refractivity contribution in [2.24, 2.45) is 0 Å². The molecule has 0 saturated heterocycles. The Balaban J connectivity index is 2.40. The second-order valence-electron chi connectivity index (χ2n) is 3.94. The summed E-state index contributed by atoms with van der Waals surface area (Å²) in [5.41, 5.74) is 1.51. The van der Waals surface area contributed by atoms with Crippen LogP contribution in [0.3, 0.4) is 0 Å². The molecule has 0 saturated carbocycles. The van der Waals surface area contributed by atoms with Crippen molar-refractivity contribution in [3.63, 3.8) is 0 Å². The molecule has 1 aromatic carbocycles. The molecule has 3 heteroatoms. The average molecular weight is 229 g/mol. The van der Waals surface area contributed by atoms with Crippen LogP contribution in [-0.2, 0) is 13.0 Å². The van der Waals surface area contributed by atoms with Gasteiger partial charge in [0.15, 0.2) is 5.75 Å². The van der Waals surface area contributed by atoms with Gasteiger partial charge in [-0.3, -0.25) is 4.79 Å². The van der Waals surface area contributed by atoms with Crippen molar-refractivity contribution in [2.75, 3.05) is 0 Å². The molecule has 1 heterocycles. The van der Waals surface area contributed by atoms with Crippen molar-refractivity contribution in [3.05, 3.63) is 64.1 Å². The molecule has 88 valence electrons. The molecule has 0 fully saturated rings. The summed E-state index contributed by atoms with van der Waals surface area (Å²) >= 11 is 0. The highest BCUT2D eigenvalue weighted by molar-refractivity contribution is 5.28. The number of pyridine rings is 1. The van der Waals surface area contributed by atoms with Gasteiger partial charge in [-0.2, -0.15) is 0 Å². The molecule has 17 heavy (non-hydrogen) atoms. The summed E-state index contributed by atoms with van der Waals surface area (Å²) in [6.07, 6.45) is 2.36. The molecule has 1 N–H and O–H groups in total. The van der Waals surface area contributed by atoms with Gasteiger partial charge in [0.05, 0.1) is 5.69 Å². The van der Waals surface area contributed by atoms with Gasteiger partial charge in [-0.25, -0.2) is 0 Å². The highest BCUT2D eigenvalue weighted by Crippen LogP contribution is 2.13. The van der Waals surface area contributed by atoms with Gasteiger partial charge in [0.1, 0.15) is 0 Å². The molecular weight excluding hydrogens is 214 g/mol. The Morgan fingerprint density at radius 3 is 2.53 bits per heavy atom. The van der Waals surface area contributed by atoms with Crippen molar-refractivity contribution < 1.29 is 5.11 Å². The van der Waals surface area contributed by atoms with Crippen LogP contribution in [0.4, 0.5) is 0 Å². The minimum Gasteiger partial charge on any atom is -0.503 e. The van der Waals surface area contributed by atoms with Crippen LogP contribution in [-0.4, -0.2) is 9.67 Å². The zero-order valence-corrected chi connectivity index (χ0v) is 9.76. The summed E-state index contributed by atoms with van der Waals surface area (Å²) in [5, 5.41) is 9.72. The number of hydrogen-bond donors (Lipinski definition) is 1. The predicted molar refractivity (Wildman–Crippen MR) is 67.3 cm³/mol. The van der Waals surface area contributed by atoms with Crippen LogP contribution >= 0.6 is 0 Å². The molecule has 0 bridgehead atoms. The van der Waals surface area contributed by atoms with E-state index in [1.807, 2.05) is 41.8 Å². The van der Waals surface area contributed by atoms with Gasteiger partial charge in [-0.05, 0) is 12.0 Å². The Bertz CT molecular complexity index is 558. The molecule has 1 aromatic heterocycles. The van der Waals surface area contributed by atoms with Crippen molar-refractivity contribution in [3.8, 4) is 5.75 Å².